The number of ether oxygens (including phenoxy) is 1. The van der Waals surface area contributed by atoms with Crippen LogP contribution in [0.15, 0.2) is 0 Å². The molecule has 3 N–H and O–H groups in total. The zero-order valence-corrected chi connectivity index (χ0v) is 19.8. The van der Waals surface area contributed by atoms with E-state index < -0.39 is 0 Å². The van der Waals surface area contributed by atoms with Crippen molar-refractivity contribution in [2.75, 3.05) is 5.75 Å². The molecular weight excluding hydrogens is 420 g/mol. The van der Waals surface area contributed by atoms with Crippen molar-refractivity contribution < 1.29 is 19.4 Å². The molecule has 0 spiro atoms. The molecule has 4 aliphatic rings. The fourth-order valence-electron chi connectivity index (χ4n) is 5.67. The molecule has 6 nitrogen and oxygen atoms in total. The summed E-state index contributed by atoms with van der Waals surface area (Å²) in [5.74, 6) is 2.54. The standard InChI is InChI=1S/C22H36N2O4S2/c1-4-11(2)7-16-12(3)30-21-19(16)20(27)23-22(24-21)29-10-13-8-18(26)28-17-9-14(25)5-6-15(13)17/h11-17,19,21-22,24-25H,4-10H2,1-3H3,(H,23,27). The van der Waals surface area contributed by atoms with E-state index in [2.05, 4.69) is 31.4 Å². The number of fused-ring (bicyclic) bond motifs is 2. The third-order valence-corrected chi connectivity index (χ3v) is 10.3. The van der Waals surface area contributed by atoms with Gasteiger partial charge >= 0.3 is 5.97 Å². The first-order chi connectivity index (χ1) is 14.4. The van der Waals surface area contributed by atoms with Crippen LogP contribution in [-0.4, -0.2) is 51.1 Å². The molecule has 3 heterocycles. The number of carbonyl (C=O) groups is 2. The van der Waals surface area contributed by atoms with E-state index in [1.807, 2.05) is 11.8 Å². The summed E-state index contributed by atoms with van der Waals surface area (Å²) >= 11 is 3.62. The number of nitrogens with one attached hydrogen (secondary N) is 2. The van der Waals surface area contributed by atoms with Gasteiger partial charge in [0.1, 0.15) is 11.6 Å². The number of hydrogen-bond acceptors (Lipinski definition) is 7. The molecule has 0 bridgehead atoms. The summed E-state index contributed by atoms with van der Waals surface area (Å²) in [7, 11) is 0. The van der Waals surface area contributed by atoms with Crippen LogP contribution in [0.2, 0.25) is 0 Å². The minimum atomic E-state index is -0.355. The van der Waals surface area contributed by atoms with E-state index in [4.69, 9.17) is 4.74 Å². The number of esters is 1. The van der Waals surface area contributed by atoms with Gasteiger partial charge in [0.2, 0.25) is 5.91 Å². The number of thioether (sulfide) groups is 2. The lowest BCUT2D eigenvalue weighted by atomic mass is 9.75. The Kier molecular flexibility index (Phi) is 7.27. The average Bonchev–Trinajstić information content (AvgIpc) is 3.01. The van der Waals surface area contributed by atoms with Crippen molar-refractivity contribution in [1.29, 1.82) is 0 Å². The Morgan fingerprint density at radius 2 is 2.13 bits per heavy atom. The largest absolute Gasteiger partial charge is 0.462 e. The van der Waals surface area contributed by atoms with Crippen molar-refractivity contribution in [1.82, 2.24) is 10.6 Å². The van der Waals surface area contributed by atoms with Crippen LogP contribution < -0.4 is 10.6 Å². The van der Waals surface area contributed by atoms with E-state index in [1.165, 1.54) is 0 Å². The fourth-order valence-corrected chi connectivity index (χ4v) is 8.66. The molecule has 3 aliphatic heterocycles. The van der Waals surface area contributed by atoms with Crippen LogP contribution in [0.4, 0.5) is 0 Å². The van der Waals surface area contributed by atoms with Crippen LogP contribution in [0.3, 0.4) is 0 Å². The summed E-state index contributed by atoms with van der Waals surface area (Å²) < 4.78 is 5.52. The molecule has 30 heavy (non-hydrogen) atoms. The van der Waals surface area contributed by atoms with Gasteiger partial charge in [-0.15, -0.1) is 23.5 Å². The summed E-state index contributed by atoms with van der Waals surface area (Å²) in [6, 6.07) is 0. The Labute approximate surface area is 188 Å². The highest BCUT2D eigenvalue weighted by Gasteiger charge is 2.50. The third-order valence-electron chi connectivity index (χ3n) is 7.62. The summed E-state index contributed by atoms with van der Waals surface area (Å²) in [6.07, 6.45) is 4.46. The van der Waals surface area contributed by atoms with E-state index in [1.54, 1.807) is 11.8 Å². The molecule has 170 valence electrons. The predicted molar refractivity (Wildman–Crippen MR) is 121 cm³/mol. The molecule has 3 saturated heterocycles. The lowest BCUT2D eigenvalue weighted by molar-refractivity contribution is -0.168. The Morgan fingerprint density at radius 3 is 2.90 bits per heavy atom. The highest BCUT2D eigenvalue weighted by molar-refractivity contribution is 8.01. The van der Waals surface area contributed by atoms with Gasteiger partial charge < -0.3 is 15.2 Å². The molecule has 1 aliphatic carbocycles. The average molecular weight is 457 g/mol. The van der Waals surface area contributed by atoms with E-state index in [9.17, 15) is 14.7 Å². The van der Waals surface area contributed by atoms with Crippen molar-refractivity contribution >= 4 is 35.4 Å². The van der Waals surface area contributed by atoms with Gasteiger partial charge in [-0.2, -0.15) is 0 Å². The van der Waals surface area contributed by atoms with E-state index in [0.717, 1.165) is 31.4 Å². The monoisotopic (exact) mass is 456 g/mol. The second-order valence-electron chi connectivity index (χ2n) is 9.71. The minimum absolute atomic E-state index is 0.0460. The van der Waals surface area contributed by atoms with Crippen molar-refractivity contribution in [3.05, 3.63) is 0 Å². The lowest BCUT2D eigenvalue weighted by Crippen LogP contribution is -2.59. The van der Waals surface area contributed by atoms with Crippen LogP contribution in [0.5, 0.6) is 0 Å². The molecule has 10 unspecified atom stereocenters. The van der Waals surface area contributed by atoms with Crippen LogP contribution in [0.25, 0.3) is 0 Å². The zero-order valence-electron chi connectivity index (χ0n) is 18.2. The number of amides is 1. The van der Waals surface area contributed by atoms with Crippen molar-refractivity contribution in [2.45, 2.75) is 87.6 Å². The third kappa shape index (κ3) is 4.81. The second kappa shape index (κ2) is 9.59. The first kappa shape index (κ1) is 22.7. The molecule has 8 heteroatoms. The SMILES string of the molecule is CCC(C)CC1C(C)SC2NC(SCC3CC(=O)OC4CC(O)CCC34)NC(=O)C21. The topological polar surface area (TPSA) is 87.7 Å². The molecule has 0 aromatic carbocycles. The number of carbonyl (C=O) groups excluding carboxylic acids is 2. The quantitative estimate of drug-likeness (QED) is 0.530. The number of rotatable bonds is 6. The van der Waals surface area contributed by atoms with E-state index >= 15 is 0 Å². The highest BCUT2D eigenvalue weighted by atomic mass is 32.2. The smallest absolute Gasteiger partial charge is 0.306 e. The van der Waals surface area contributed by atoms with E-state index in [-0.39, 0.29) is 46.8 Å². The molecule has 4 rings (SSSR count). The fraction of sp³-hybridized carbons (Fsp3) is 0.909. The van der Waals surface area contributed by atoms with Crippen LogP contribution in [0.1, 0.15) is 59.3 Å². The first-order valence-electron chi connectivity index (χ1n) is 11.6. The molecule has 1 saturated carbocycles. The van der Waals surface area contributed by atoms with Crippen molar-refractivity contribution in [2.24, 2.45) is 29.6 Å². The first-order valence-corrected chi connectivity index (χ1v) is 13.6. The molecule has 4 fully saturated rings. The maximum Gasteiger partial charge on any atom is 0.306 e. The van der Waals surface area contributed by atoms with E-state index in [0.29, 0.717) is 35.8 Å². The normalized spacial score (nSPS) is 44.6. The number of hydrogen-bond donors (Lipinski definition) is 3. The molecule has 1 amide bonds. The van der Waals surface area contributed by atoms with Crippen LogP contribution in [0, 0.1) is 29.6 Å². The van der Waals surface area contributed by atoms with Crippen molar-refractivity contribution in [3.63, 3.8) is 0 Å². The summed E-state index contributed by atoms with van der Waals surface area (Å²) in [5, 5.41) is 17.5. The molecule has 10 atom stereocenters. The van der Waals surface area contributed by atoms with Crippen LogP contribution in [-0.2, 0) is 14.3 Å². The number of aliphatic hydroxyl groups is 1. The molecule has 0 radical (unpaired) electrons. The molecule has 0 aromatic heterocycles. The summed E-state index contributed by atoms with van der Waals surface area (Å²) in [6.45, 7) is 6.77. The zero-order chi connectivity index (χ0) is 21.4. The molecular formula is C22H36N2O4S2. The maximum atomic E-state index is 13.0. The Morgan fingerprint density at radius 1 is 1.33 bits per heavy atom. The Balaban J connectivity index is 1.34. The lowest BCUT2D eigenvalue weighted by Gasteiger charge is -2.42. The van der Waals surface area contributed by atoms with Gasteiger partial charge in [-0.25, -0.2) is 0 Å². The second-order valence-corrected chi connectivity index (χ2v) is 12.4. The van der Waals surface area contributed by atoms with Gasteiger partial charge in [0, 0.05) is 29.8 Å². The van der Waals surface area contributed by atoms with Gasteiger partial charge in [-0.3, -0.25) is 14.9 Å². The Hall–Kier alpha value is -0.440. The van der Waals surface area contributed by atoms with Gasteiger partial charge in [0.05, 0.1) is 17.4 Å². The van der Waals surface area contributed by atoms with Crippen molar-refractivity contribution in [3.8, 4) is 0 Å². The van der Waals surface area contributed by atoms with Gasteiger partial charge in [0.15, 0.2) is 0 Å². The summed E-state index contributed by atoms with van der Waals surface area (Å²) in [4.78, 5) is 25.1. The predicted octanol–water partition coefficient (Wildman–Crippen LogP) is 2.95. The maximum absolute atomic E-state index is 13.0. The summed E-state index contributed by atoms with van der Waals surface area (Å²) in [5.41, 5.74) is -0.105. The minimum Gasteiger partial charge on any atom is -0.462 e. The van der Waals surface area contributed by atoms with Gasteiger partial charge in [-0.1, -0.05) is 27.2 Å². The molecule has 0 aromatic rings. The Bertz CT molecular complexity index is 651. The van der Waals surface area contributed by atoms with Gasteiger partial charge in [-0.05, 0) is 37.0 Å². The highest BCUT2D eigenvalue weighted by Crippen LogP contribution is 2.47. The van der Waals surface area contributed by atoms with Gasteiger partial charge in [0.25, 0.3) is 0 Å². The van der Waals surface area contributed by atoms with Crippen LogP contribution >= 0.6 is 23.5 Å². The number of aliphatic hydroxyl groups excluding tert-OH is 1.